The highest BCUT2D eigenvalue weighted by molar-refractivity contribution is 6.07. The number of benzene rings is 2. The van der Waals surface area contributed by atoms with E-state index in [2.05, 4.69) is 57.6 Å². The Morgan fingerprint density at radius 2 is 1.35 bits per heavy atom. The summed E-state index contributed by atoms with van der Waals surface area (Å²) in [6, 6.07) is 18.7. The van der Waals surface area contributed by atoms with E-state index < -0.39 is 5.54 Å². The van der Waals surface area contributed by atoms with Crippen molar-refractivity contribution in [2.45, 2.75) is 18.9 Å². The van der Waals surface area contributed by atoms with Crippen LogP contribution >= 0.6 is 0 Å². The average molecular weight is 459 g/mol. The fourth-order valence-corrected chi connectivity index (χ4v) is 5.03. The summed E-state index contributed by atoms with van der Waals surface area (Å²) in [7, 11) is 0. The van der Waals surface area contributed by atoms with Crippen LogP contribution in [0.3, 0.4) is 0 Å². The van der Waals surface area contributed by atoms with Gasteiger partial charge in [-0.1, -0.05) is 24.3 Å². The van der Waals surface area contributed by atoms with Crippen LogP contribution in [0.1, 0.15) is 24.5 Å². The van der Waals surface area contributed by atoms with Crippen LogP contribution in [0.15, 0.2) is 54.1 Å². The molecule has 3 aliphatic rings. The van der Waals surface area contributed by atoms with Crippen molar-refractivity contribution in [3.05, 3.63) is 65.2 Å². The third-order valence-electron chi connectivity index (χ3n) is 7.03. The maximum absolute atomic E-state index is 13.0. The number of carbonyl (C=O) groups is 1. The van der Waals surface area contributed by atoms with Crippen LogP contribution in [-0.4, -0.2) is 58.5 Å². The Morgan fingerprint density at radius 1 is 0.853 bits per heavy atom. The molecule has 5 rings (SSSR count). The minimum atomic E-state index is -0.598. The van der Waals surface area contributed by atoms with E-state index in [0.29, 0.717) is 6.42 Å². The Balaban J connectivity index is 1.40. The first kappa shape index (κ1) is 22.5. The summed E-state index contributed by atoms with van der Waals surface area (Å²) in [6.45, 7) is 8.47. The van der Waals surface area contributed by atoms with Crippen LogP contribution in [0, 0.1) is 11.3 Å². The lowest BCUT2D eigenvalue weighted by molar-refractivity contribution is -0.119. The number of amides is 1. The van der Waals surface area contributed by atoms with Gasteiger partial charge in [-0.3, -0.25) is 4.79 Å². The number of nitriles is 1. The Labute approximate surface area is 200 Å². The van der Waals surface area contributed by atoms with Crippen LogP contribution in [0.5, 0.6) is 0 Å². The largest absolute Gasteiger partial charge is 0.378 e. The van der Waals surface area contributed by atoms with Crippen LogP contribution in [0.4, 0.5) is 11.4 Å². The van der Waals surface area contributed by atoms with Gasteiger partial charge in [-0.15, -0.1) is 0 Å². The van der Waals surface area contributed by atoms with E-state index in [0.717, 1.165) is 80.7 Å². The van der Waals surface area contributed by atoms with E-state index in [1.165, 1.54) is 0 Å². The molecule has 0 spiro atoms. The fourth-order valence-electron chi connectivity index (χ4n) is 5.03. The molecule has 0 saturated carbocycles. The van der Waals surface area contributed by atoms with Crippen molar-refractivity contribution in [2.24, 2.45) is 0 Å². The monoisotopic (exact) mass is 458 g/mol. The van der Waals surface area contributed by atoms with Gasteiger partial charge in [0, 0.05) is 44.0 Å². The molecule has 1 amide bonds. The molecule has 3 aliphatic heterocycles. The van der Waals surface area contributed by atoms with Crippen LogP contribution in [-0.2, 0) is 19.8 Å². The lowest BCUT2D eigenvalue weighted by atomic mass is 9.78. The second-order valence-electron chi connectivity index (χ2n) is 9.22. The van der Waals surface area contributed by atoms with Crippen molar-refractivity contribution < 1.29 is 14.3 Å². The highest BCUT2D eigenvalue weighted by Gasteiger charge is 2.37. The second kappa shape index (κ2) is 9.49. The average Bonchev–Trinajstić information content (AvgIpc) is 2.89. The first-order valence-corrected chi connectivity index (χ1v) is 11.9. The Bertz CT molecular complexity index is 1110. The number of ether oxygens (including phenoxy) is 2. The molecule has 34 heavy (non-hydrogen) atoms. The number of morpholine rings is 2. The molecular weight excluding hydrogens is 428 g/mol. The summed E-state index contributed by atoms with van der Waals surface area (Å²) in [6.07, 6.45) is 0.551. The van der Waals surface area contributed by atoms with E-state index >= 15 is 0 Å². The molecule has 0 aromatic heterocycles. The molecule has 176 valence electrons. The predicted octanol–water partition coefficient (Wildman–Crippen LogP) is 3.07. The molecular formula is C27H30N4O3. The zero-order chi connectivity index (χ0) is 23.5. The van der Waals surface area contributed by atoms with E-state index in [1.807, 2.05) is 19.1 Å². The SMILES string of the molecule is CC1(c2ccc(N3CCOCC3)cc2)CC(c2ccc(N3CCOCC3)cc2)=C(C#N)C(=O)N1. The number of nitrogens with one attached hydrogen (secondary N) is 1. The highest BCUT2D eigenvalue weighted by Crippen LogP contribution is 2.39. The van der Waals surface area contributed by atoms with Gasteiger partial charge in [-0.2, -0.15) is 5.26 Å². The fraction of sp³-hybridized carbons (Fsp3) is 0.407. The Morgan fingerprint density at radius 3 is 1.85 bits per heavy atom. The van der Waals surface area contributed by atoms with Crippen LogP contribution < -0.4 is 15.1 Å². The molecule has 2 saturated heterocycles. The molecule has 1 atom stereocenters. The first-order valence-electron chi connectivity index (χ1n) is 11.9. The number of hydrogen-bond donors (Lipinski definition) is 1. The van der Waals surface area contributed by atoms with Gasteiger partial charge in [0.15, 0.2) is 0 Å². The van der Waals surface area contributed by atoms with E-state index in [9.17, 15) is 10.1 Å². The zero-order valence-corrected chi connectivity index (χ0v) is 19.5. The summed E-state index contributed by atoms with van der Waals surface area (Å²) in [4.78, 5) is 17.6. The van der Waals surface area contributed by atoms with Gasteiger partial charge in [0.2, 0.25) is 0 Å². The topological polar surface area (TPSA) is 77.8 Å². The molecule has 7 heteroatoms. The molecule has 0 radical (unpaired) electrons. The smallest absolute Gasteiger partial charge is 0.262 e. The molecule has 7 nitrogen and oxygen atoms in total. The molecule has 1 N–H and O–H groups in total. The molecule has 1 unspecified atom stereocenters. The second-order valence-corrected chi connectivity index (χ2v) is 9.22. The van der Waals surface area contributed by atoms with Crippen LogP contribution in [0.25, 0.3) is 5.57 Å². The quantitative estimate of drug-likeness (QED) is 0.759. The zero-order valence-electron chi connectivity index (χ0n) is 19.5. The minimum absolute atomic E-state index is 0.196. The van der Waals surface area contributed by atoms with Gasteiger partial charge in [0.25, 0.3) is 5.91 Å². The number of carbonyl (C=O) groups excluding carboxylic acids is 1. The molecule has 3 heterocycles. The highest BCUT2D eigenvalue weighted by atomic mass is 16.5. The van der Waals surface area contributed by atoms with Crippen molar-refractivity contribution in [1.29, 1.82) is 5.26 Å². The van der Waals surface area contributed by atoms with E-state index in [4.69, 9.17) is 9.47 Å². The van der Waals surface area contributed by atoms with E-state index in [-0.39, 0.29) is 11.5 Å². The third kappa shape index (κ3) is 4.39. The van der Waals surface area contributed by atoms with Crippen molar-refractivity contribution in [1.82, 2.24) is 5.32 Å². The molecule has 0 bridgehead atoms. The van der Waals surface area contributed by atoms with Crippen molar-refractivity contribution in [3.63, 3.8) is 0 Å². The standard InChI is InChI=1S/C27H30N4O3/c1-27(21-4-8-23(9-5-21)31-12-16-34-17-13-31)18-24(25(19-28)26(32)29-27)20-2-6-22(7-3-20)30-10-14-33-15-11-30/h2-9H,10-18H2,1H3,(H,29,32). The summed E-state index contributed by atoms with van der Waals surface area (Å²) >= 11 is 0. The maximum atomic E-state index is 13.0. The first-order chi connectivity index (χ1) is 16.6. The number of rotatable bonds is 4. The number of nitrogens with zero attached hydrogens (tertiary/aromatic N) is 3. The van der Waals surface area contributed by atoms with Gasteiger partial charge < -0.3 is 24.6 Å². The van der Waals surface area contributed by atoms with Gasteiger partial charge in [0.1, 0.15) is 11.6 Å². The summed E-state index contributed by atoms with van der Waals surface area (Å²) in [5.74, 6) is -0.319. The predicted molar refractivity (Wildman–Crippen MR) is 132 cm³/mol. The number of hydrogen-bond acceptors (Lipinski definition) is 6. The van der Waals surface area contributed by atoms with E-state index in [1.54, 1.807) is 0 Å². The van der Waals surface area contributed by atoms with Crippen LogP contribution in [0.2, 0.25) is 0 Å². The summed E-state index contributed by atoms with van der Waals surface area (Å²) < 4.78 is 10.9. The maximum Gasteiger partial charge on any atom is 0.262 e. The molecule has 2 aromatic carbocycles. The minimum Gasteiger partial charge on any atom is -0.378 e. The third-order valence-corrected chi connectivity index (χ3v) is 7.03. The molecule has 2 aromatic rings. The van der Waals surface area contributed by atoms with Gasteiger partial charge in [-0.25, -0.2) is 0 Å². The van der Waals surface area contributed by atoms with Crippen molar-refractivity contribution in [2.75, 3.05) is 62.4 Å². The van der Waals surface area contributed by atoms with Gasteiger partial charge in [0.05, 0.1) is 32.0 Å². The Hall–Kier alpha value is -3.34. The van der Waals surface area contributed by atoms with Gasteiger partial charge >= 0.3 is 0 Å². The lowest BCUT2D eigenvalue weighted by Crippen LogP contribution is -2.47. The molecule has 2 fully saturated rings. The molecule has 0 aliphatic carbocycles. The van der Waals surface area contributed by atoms with Gasteiger partial charge in [-0.05, 0) is 47.9 Å². The normalized spacial score (nSPS) is 23.5. The summed E-state index contributed by atoms with van der Waals surface area (Å²) in [5.41, 5.74) is 4.62. The van der Waals surface area contributed by atoms with Crippen molar-refractivity contribution >= 4 is 22.9 Å². The Kier molecular flexibility index (Phi) is 6.27. The number of anilines is 2. The lowest BCUT2D eigenvalue weighted by Gasteiger charge is -2.37. The van der Waals surface area contributed by atoms with Crippen molar-refractivity contribution in [3.8, 4) is 6.07 Å². The summed E-state index contributed by atoms with van der Waals surface area (Å²) in [5, 5.41) is 12.9.